The van der Waals surface area contributed by atoms with E-state index in [2.05, 4.69) is 0 Å². The lowest BCUT2D eigenvalue weighted by molar-refractivity contribution is 0.110. The number of aryl methyl sites for hydroxylation is 1. The number of benzene rings is 2. The minimum absolute atomic E-state index is 0.0270. The Hall–Kier alpha value is -2.59. The lowest BCUT2D eigenvalue weighted by atomic mass is 10.0. The van der Waals surface area contributed by atoms with Gasteiger partial charge < -0.3 is 13.9 Å². The molecule has 0 amide bonds. The second-order valence-corrected chi connectivity index (χ2v) is 5.43. The fraction of sp³-hybridized carbons (Fsp3) is 0.250. The molecule has 0 bridgehead atoms. The fourth-order valence-electron chi connectivity index (χ4n) is 2.68. The maximum absolute atomic E-state index is 12.8. The summed E-state index contributed by atoms with van der Waals surface area (Å²) in [7, 11) is 0. The van der Waals surface area contributed by atoms with Gasteiger partial charge in [-0.2, -0.15) is 0 Å². The molecule has 0 saturated heterocycles. The van der Waals surface area contributed by atoms with Gasteiger partial charge in [0.15, 0.2) is 0 Å². The van der Waals surface area contributed by atoms with Gasteiger partial charge in [-0.05, 0) is 31.5 Å². The molecule has 2 aromatic carbocycles. The molecule has 0 radical (unpaired) electrons. The lowest BCUT2D eigenvalue weighted by Gasteiger charge is -2.09. The highest BCUT2D eigenvalue weighted by Gasteiger charge is 2.13. The van der Waals surface area contributed by atoms with E-state index in [9.17, 15) is 4.79 Å². The molecule has 1 heterocycles. The van der Waals surface area contributed by atoms with Crippen LogP contribution < -0.4 is 10.2 Å². The van der Waals surface area contributed by atoms with Gasteiger partial charge >= 0.3 is 0 Å². The average Bonchev–Trinajstić information content (AvgIpc) is 2.59. The molecule has 0 aliphatic carbocycles. The van der Waals surface area contributed by atoms with Crippen LogP contribution in [0.2, 0.25) is 0 Å². The predicted molar refractivity (Wildman–Crippen MR) is 94.6 cm³/mol. The van der Waals surface area contributed by atoms with E-state index in [1.165, 1.54) is 0 Å². The molecule has 0 aliphatic rings. The molecule has 4 nitrogen and oxygen atoms in total. The first-order valence-electron chi connectivity index (χ1n) is 8.04. The van der Waals surface area contributed by atoms with E-state index < -0.39 is 0 Å². The SMILES string of the molecule is CCOCCOc1ccc2c(=O)c(-c3ccccc3)c(C)oc2c1. The van der Waals surface area contributed by atoms with E-state index in [0.717, 1.165) is 5.56 Å². The van der Waals surface area contributed by atoms with Crippen molar-refractivity contribution in [3.8, 4) is 16.9 Å². The molecule has 4 heteroatoms. The first-order chi connectivity index (χ1) is 11.7. The third-order valence-electron chi connectivity index (χ3n) is 3.80. The van der Waals surface area contributed by atoms with Crippen molar-refractivity contribution in [1.82, 2.24) is 0 Å². The van der Waals surface area contributed by atoms with Crippen LogP contribution in [-0.2, 0) is 4.74 Å². The molecular formula is C20H20O4. The van der Waals surface area contributed by atoms with Gasteiger partial charge in [0.1, 0.15) is 23.7 Å². The van der Waals surface area contributed by atoms with Crippen molar-refractivity contribution in [2.24, 2.45) is 0 Å². The van der Waals surface area contributed by atoms with Crippen LogP contribution in [0.3, 0.4) is 0 Å². The Morgan fingerprint density at radius 1 is 1.04 bits per heavy atom. The summed E-state index contributed by atoms with van der Waals surface area (Å²) in [5.41, 5.74) is 1.97. The standard InChI is InChI=1S/C20H20O4/c1-3-22-11-12-23-16-9-10-17-18(13-16)24-14(2)19(20(17)21)15-7-5-4-6-8-15/h4-10,13H,3,11-12H2,1-2H3. The second kappa shape index (κ2) is 7.32. The van der Waals surface area contributed by atoms with Gasteiger partial charge in [-0.25, -0.2) is 0 Å². The molecule has 24 heavy (non-hydrogen) atoms. The summed E-state index contributed by atoms with van der Waals surface area (Å²) in [5, 5.41) is 0.552. The van der Waals surface area contributed by atoms with Gasteiger partial charge in [-0.1, -0.05) is 30.3 Å². The number of hydrogen-bond donors (Lipinski definition) is 0. The van der Waals surface area contributed by atoms with Gasteiger partial charge in [0.05, 0.1) is 17.6 Å². The van der Waals surface area contributed by atoms with Gasteiger partial charge in [-0.3, -0.25) is 4.79 Å². The quantitative estimate of drug-likeness (QED) is 0.638. The Kier molecular flexibility index (Phi) is 4.96. The average molecular weight is 324 g/mol. The van der Waals surface area contributed by atoms with Crippen LogP contribution in [0.4, 0.5) is 0 Å². The third kappa shape index (κ3) is 3.34. The van der Waals surface area contributed by atoms with Crippen molar-refractivity contribution in [3.63, 3.8) is 0 Å². The summed E-state index contributed by atoms with van der Waals surface area (Å²) in [4.78, 5) is 12.8. The van der Waals surface area contributed by atoms with Crippen LogP contribution in [0, 0.1) is 6.92 Å². The summed E-state index contributed by atoms with van der Waals surface area (Å²) in [6.07, 6.45) is 0. The summed E-state index contributed by atoms with van der Waals surface area (Å²) in [5.74, 6) is 1.27. The molecule has 0 spiro atoms. The van der Waals surface area contributed by atoms with Crippen LogP contribution >= 0.6 is 0 Å². The van der Waals surface area contributed by atoms with Crippen molar-refractivity contribution in [1.29, 1.82) is 0 Å². The van der Waals surface area contributed by atoms with Crippen LogP contribution in [0.5, 0.6) is 5.75 Å². The van der Waals surface area contributed by atoms with Crippen molar-refractivity contribution in [2.75, 3.05) is 19.8 Å². The molecule has 0 unspecified atom stereocenters. The van der Waals surface area contributed by atoms with Crippen molar-refractivity contribution >= 4 is 11.0 Å². The maximum Gasteiger partial charge on any atom is 0.200 e. The molecule has 0 aliphatic heterocycles. The van der Waals surface area contributed by atoms with E-state index in [-0.39, 0.29) is 5.43 Å². The number of ether oxygens (including phenoxy) is 2. The van der Waals surface area contributed by atoms with Crippen molar-refractivity contribution < 1.29 is 13.9 Å². The Labute approximate surface area is 140 Å². The highest BCUT2D eigenvalue weighted by atomic mass is 16.5. The molecule has 0 atom stereocenters. The predicted octanol–water partition coefficient (Wildman–Crippen LogP) is 4.18. The van der Waals surface area contributed by atoms with E-state index in [1.54, 1.807) is 18.2 Å². The topological polar surface area (TPSA) is 48.7 Å². The van der Waals surface area contributed by atoms with Gasteiger partial charge in [0.25, 0.3) is 0 Å². The highest BCUT2D eigenvalue weighted by molar-refractivity contribution is 5.83. The molecule has 0 N–H and O–H groups in total. The zero-order valence-corrected chi connectivity index (χ0v) is 13.9. The molecule has 3 aromatic rings. The van der Waals surface area contributed by atoms with E-state index >= 15 is 0 Å². The van der Waals surface area contributed by atoms with Gasteiger partial charge in [0, 0.05) is 12.7 Å². The van der Waals surface area contributed by atoms with Crippen LogP contribution in [-0.4, -0.2) is 19.8 Å². The smallest absolute Gasteiger partial charge is 0.200 e. The van der Waals surface area contributed by atoms with Crippen molar-refractivity contribution in [3.05, 3.63) is 64.5 Å². The first kappa shape index (κ1) is 16.3. The largest absolute Gasteiger partial charge is 0.491 e. The number of fused-ring (bicyclic) bond motifs is 1. The Morgan fingerprint density at radius 2 is 1.83 bits per heavy atom. The van der Waals surface area contributed by atoms with E-state index in [4.69, 9.17) is 13.9 Å². The summed E-state index contributed by atoms with van der Waals surface area (Å²) >= 11 is 0. The normalized spacial score (nSPS) is 10.9. The van der Waals surface area contributed by atoms with Crippen LogP contribution in [0.25, 0.3) is 22.1 Å². The van der Waals surface area contributed by atoms with Crippen molar-refractivity contribution in [2.45, 2.75) is 13.8 Å². The molecule has 0 saturated carbocycles. The van der Waals surface area contributed by atoms with Crippen LogP contribution in [0.1, 0.15) is 12.7 Å². The Morgan fingerprint density at radius 3 is 2.58 bits per heavy atom. The Balaban J connectivity index is 1.97. The second-order valence-electron chi connectivity index (χ2n) is 5.43. The van der Waals surface area contributed by atoms with E-state index in [0.29, 0.717) is 47.9 Å². The Bertz CT molecular complexity index is 881. The van der Waals surface area contributed by atoms with Gasteiger partial charge in [0.2, 0.25) is 5.43 Å². The zero-order chi connectivity index (χ0) is 16.9. The number of hydrogen-bond acceptors (Lipinski definition) is 4. The monoisotopic (exact) mass is 324 g/mol. The third-order valence-corrected chi connectivity index (χ3v) is 3.80. The molecular weight excluding hydrogens is 304 g/mol. The minimum atomic E-state index is -0.0270. The highest BCUT2D eigenvalue weighted by Crippen LogP contribution is 2.26. The summed E-state index contributed by atoms with van der Waals surface area (Å²) < 4.78 is 16.8. The fourth-order valence-corrected chi connectivity index (χ4v) is 2.68. The summed E-state index contributed by atoms with van der Waals surface area (Å²) in [6, 6.07) is 14.9. The molecule has 1 aromatic heterocycles. The summed E-state index contributed by atoms with van der Waals surface area (Å²) in [6.45, 7) is 5.41. The minimum Gasteiger partial charge on any atom is -0.491 e. The maximum atomic E-state index is 12.8. The lowest BCUT2D eigenvalue weighted by Crippen LogP contribution is -2.08. The zero-order valence-electron chi connectivity index (χ0n) is 13.9. The molecule has 3 rings (SSSR count). The first-order valence-corrected chi connectivity index (χ1v) is 8.04. The molecule has 0 fully saturated rings. The number of rotatable bonds is 6. The van der Waals surface area contributed by atoms with Crippen LogP contribution in [0.15, 0.2) is 57.7 Å². The van der Waals surface area contributed by atoms with E-state index in [1.807, 2.05) is 44.2 Å². The molecule has 124 valence electrons. The van der Waals surface area contributed by atoms with Gasteiger partial charge in [-0.15, -0.1) is 0 Å².